The first-order valence-corrected chi connectivity index (χ1v) is 11.2. The van der Waals surface area contributed by atoms with Crippen LogP contribution in [0.5, 0.6) is 0 Å². The van der Waals surface area contributed by atoms with Crippen molar-refractivity contribution in [3.63, 3.8) is 0 Å². The number of rotatable bonds is 5. The molecule has 1 saturated heterocycles. The van der Waals surface area contributed by atoms with E-state index in [2.05, 4.69) is 47.2 Å². The van der Waals surface area contributed by atoms with E-state index in [1.54, 1.807) is 0 Å². The predicted octanol–water partition coefficient (Wildman–Crippen LogP) is 5.99. The average Bonchev–Trinajstić information content (AvgIpc) is 2.78. The Balaban J connectivity index is 1.54. The second-order valence-electron chi connectivity index (χ2n) is 8.61. The van der Waals surface area contributed by atoms with Gasteiger partial charge in [-0.1, -0.05) is 48.9 Å². The number of hydrogen-bond donors (Lipinski definition) is 1. The van der Waals surface area contributed by atoms with Crippen LogP contribution in [0.1, 0.15) is 53.4 Å². The summed E-state index contributed by atoms with van der Waals surface area (Å²) in [6.07, 6.45) is 5.63. The molecule has 0 saturated carbocycles. The number of nitrogens with one attached hydrogen (secondary N) is 1. The molecule has 1 unspecified atom stereocenters. The highest BCUT2D eigenvalue weighted by Gasteiger charge is 2.20. The third-order valence-corrected chi connectivity index (χ3v) is 6.43. The third kappa shape index (κ3) is 4.86. The number of amides is 1. The van der Waals surface area contributed by atoms with E-state index in [0.717, 1.165) is 41.0 Å². The summed E-state index contributed by atoms with van der Waals surface area (Å²) in [6.45, 7) is 8.41. The lowest BCUT2D eigenvalue weighted by Crippen LogP contribution is -2.37. The van der Waals surface area contributed by atoms with E-state index in [1.807, 2.05) is 49.5 Å². The second kappa shape index (κ2) is 9.44. The number of hydrogen-bond acceptors (Lipinski definition) is 3. The molecular formula is C27H31N3O. The van der Waals surface area contributed by atoms with Crippen LogP contribution in [0.2, 0.25) is 0 Å². The average molecular weight is 414 g/mol. The van der Waals surface area contributed by atoms with Crippen LogP contribution in [0.3, 0.4) is 0 Å². The summed E-state index contributed by atoms with van der Waals surface area (Å²) < 4.78 is 0. The molecule has 1 amide bonds. The molecule has 1 aromatic heterocycles. The van der Waals surface area contributed by atoms with E-state index in [4.69, 9.17) is 0 Å². The normalized spacial score (nSPS) is 16.8. The van der Waals surface area contributed by atoms with Crippen LogP contribution in [-0.2, 0) is 6.54 Å². The summed E-state index contributed by atoms with van der Waals surface area (Å²) in [5.74, 6) is -0.166. The lowest BCUT2D eigenvalue weighted by atomic mass is 9.99. The van der Waals surface area contributed by atoms with Crippen molar-refractivity contribution in [2.24, 2.45) is 0 Å². The Labute approximate surface area is 185 Å². The summed E-state index contributed by atoms with van der Waals surface area (Å²) in [7, 11) is 0. The molecule has 1 N–H and O–H groups in total. The van der Waals surface area contributed by atoms with Gasteiger partial charge < -0.3 is 5.32 Å². The molecule has 1 aliphatic rings. The van der Waals surface area contributed by atoms with Crippen molar-refractivity contribution < 1.29 is 4.79 Å². The number of aromatic nitrogens is 1. The Morgan fingerprint density at radius 3 is 2.68 bits per heavy atom. The first-order chi connectivity index (χ1) is 15.0. The van der Waals surface area contributed by atoms with Crippen molar-refractivity contribution in [3.05, 3.63) is 83.2 Å². The summed E-state index contributed by atoms with van der Waals surface area (Å²) >= 11 is 0. The molecule has 0 radical (unpaired) electrons. The van der Waals surface area contributed by atoms with Gasteiger partial charge in [0.15, 0.2) is 0 Å². The fraction of sp³-hybridized carbons (Fsp3) is 0.333. The van der Waals surface area contributed by atoms with E-state index in [0.29, 0.717) is 11.7 Å². The molecule has 2 aromatic carbocycles. The van der Waals surface area contributed by atoms with Crippen LogP contribution in [0, 0.1) is 13.8 Å². The van der Waals surface area contributed by atoms with Gasteiger partial charge in [0, 0.05) is 24.5 Å². The monoisotopic (exact) mass is 413 g/mol. The summed E-state index contributed by atoms with van der Waals surface area (Å²) in [5.41, 5.74) is 6.92. The van der Waals surface area contributed by atoms with Gasteiger partial charge in [0.25, 0.3) is 5.91 Å². The van der Waals surface area contributed by atoms with Gasteiger partial charge in [-0.15, -0.1) is 0 Å². The second-order valence-corrected chi connectivity index (χ2v) is 8.61. The highest BCUT2D eigenvalue weighted by Crippen LogP contribution is 2.29. The quantitative estimate of drug-likeness (QED) is 0.559. The SMILES string of the molecule is Cc1cnc(C(=O)Nc2cccc(-c3ccccc3)c2C)cc1CN1CCCCC1C. The molecule has 0 spiro atoms. The highest BCUT2D eigenvalue weighted by molar-refractivity contribution is 6.03. The van der Waals surface area contributed by atoms with E-state index in [1.165, 1.54) is 24.8 Å². The van der Waals surface area contributed by atoms with Gasteiger partial charge in [-0.2, -0.15) is 0 Å². The van der Waals surface area contributed by atoms with Crippen LogP contribution in [0.4, 0.5) is 5.69 Å². The minimum absolute atomic E-state index is 0.166. The number of piperidine rings is 1. The third-order valence-electron chi connectivity index (χ3n) is 6.43. The molecular weight excluding hydrogens is 382 g/mol. The van der Waals surface area contributed by atoms with Gasteiger partial charge in [0.2, 0.25) is 0 Å². The maximum absolute atomic E-state index is 13.0. The molecule has 160 valence electrons. The Morgan fingerprint density at radius 1 is 1.10 bits per heavy atom. The number of nitrogens with zero attached hydrogens (tertiary/aromatic N) is 2. The van der Waals surface area contributed by atoms with Crippen LogP contribution in [0.15, 0.2) is 60.8 Å². The molecule has 4 heteroatoms. The van der Waals surface area contributed by atoms with Gasteiger partial charge >= 0.3 is 0 Å². The zero-order valence-corrected chi connectivity index (χ0v) is 18.7. The van der Waals surface area contributed by atoms with Gasteiger partial charge in [-0.3, -0.25) is 14.7 Å². The summed E-state index contributed by atoms with van der Waals surface area (Å²) in [4.78, 5) is 20.0. The first kappa shape index (κ1) is 21.3. The van der Waals surface area contributed by atoms with Gasteiger partial charge in [-0.05, 0) is 80.1 Å². The molecule has 4 rings (SSSR count). The van der Waals surface area contributed by atoms with E-state index in [-0.39, 0.29) is 5.91 Å². The highest BCUT2D eigenvalue weighted by atomic mass is 16.1. The Kier molecular flexibility index (Phi) is 6.47. The molecule has 3 aromatic rings. The zero-order valence-electron chi connectivity index (χ0n) is 18.7. The molecule has 2 heterocycles. The minimum atomic E-state index is -0.166. The predicted molar refractivity (Wildman–Crippen MR) is 127 cm³/mol. The topological polar surface area (TPSA) is 45.2 Å². The molecule has 1 fully saturated rings. The molecule has 1 aliphatic heterocycles. The number of benzene rings is 2. The number of carbonyl (C=O) groups is 1. The smallest absolute Gasteiger partial charge is 0.274 e. The molecule has 0 bridgehead atoms. The standard InChI is InChI=1S/C27H31N3O/c1-19-17-28-26(16-23(19)18-30-15-8-7-10-20(30)2)27(31)29-25-14-9-13-24(21(25)3)22-11-5-4-6-12-22/h4-6,9,11-14,16-17,20H,7-8,10,15,18H2,1-3H3,(H,29,31). The number of carbonyl (C=O) groups excluding carboxylic acids is 1. The maximum Gasteiger partial charge on any atom is 0.274 e. The summed E-state index contributed by atoms with van der Waals surface area (Å²) in [5, 5.41) is 3.08. The van der Waals surface area contributed by atoms with Crippen molar-refractivity contribution in [1.29, 1.82) is 0 Å². The van der Waals surface area contributed by atoms with E-state index >= 15 is 0 Å². The summed E-state index contributed by atoms with van der Waals surface area (Å²) in [6, 6.07) is 18.8. The molecule has 1 atom stereocenters. The molecule has 4 nitrogen and oxygen atoms in total. The minimum Gasteiger partial charge on any atom is -0.320 e. The lowest BCUT2D eigenvalue weighted by molar-refractivity contribution is 0.102. The van der Waals surface area contributed by atoms with Crippen LogP contribution in [-0.4, -0.2) is 28.4 Å². The number of pyridine rings is 1. The molecule has 0 aliphatic carbocycles. The number of aryl methyl sites for hydroxylation is 1. The van der Waals surface area contributed by atoms with Crippen molar-refractivity contribution in [1.82, 2.24) is 9.88 Å². The molecule has 31 heavy (non-hydrogen) atoms. The maximum atomic E-state index is 13.0. The van der Waals surface area contributed by atoms with Crippen molar-refractivity contribution in [2.75, 3.05) is 11.9 Å². The van der Waals surface area contributed by atoms with Gasteiger partial charge in [0.1, 0.15) is 5.69 Å². The zero-order chi connectivity index (χ0) is 21.8. The van der Waals surface area contributed by atoms with Crippen LogP contribution in [0.25, 0.3) is 11.1 Å². The van der Waals surface area contributed by atoms with Crippen molar-refractivity contribution >= 4 is 11.6 Å². The Morgan fingerprint density at radius 2 is 1.90 bits per heavy atom. The first-order valence-electron chi connectivity index (χ1n) is 11.2. The Bertz CT molecular complexity index is 1060. The number of likely N-dealkylation sites (tertiary alicyclic amines) is 1. The van der Waals surface area contributed by atoms with Crippen molar-refractivity contribution in [2.45, 2.75) is 52.6 Å². The number of anilines is 1. The fourth-order valence-corrected chi connectivity index (χ4v) is 4.36. The van der Waals surface area contributed by atoms with Gasteiger partial charge in [-0.25, -0.2) is 0 Å². The van der Waals surface area contributed by atoms with E-state index < -0.39 is 0 Å². The van der Waals surface area contributed by atoms with Crippen LogP contribution >= 0.6 is 0 Å². The lowest BCUT2D eigenvalue weighted by Gasteiger charge is -2.33. The van der Waals surface area contributed by atoms with E-state index in [9.17, 15) is 4.79 Å². The van der Waals surface area contributed by atoms with Gasteiger partial charge in [0.05, 0.1) is 0 Å². The fourth-order valence-electron chi connectivity index (χ4n) is 4.36. The van der Waals surface area contributed by atoms with Crippen LogP contribution < -0.4 is 5.32 Å². The largest absolute Gasteiger partial charge is 0.320 e. The van der Waals surface area contributed by atoms with Crippen molar-refractivity contribution in [3.8, 4) is 11.1 Å². The Hall–Kier alpha value is -2.98.